The first kappa shape index (κ1) is 34.5. The smallest absolute Gasteiger partial charge is 0.0856 e. The second-order valence-electron chi connectivity index (χ2n) is 14.2. The van der Waals surface area contributed by atoms with Crippen LogP contribution in [0.2, 0.25) is 0 Å². The minimum absolute atomic E-state index is 0.566. The van der Waals surface area contributed by atoms with Gasteiger partial charge < -0.3 is 4.57 Å². The van der Waals surface area contributed by atoms with Crippen LogP contribution in [-0.2, 0) is 6.54 Å². The molecule has 0 aliphatic carbocycles. The van der Waals surface area contributed by atoms with Crippen molar-refractivity contribution in [3.05, 3.63) is 222 Å². The summed E-state index contributed by atoms with van der Waals surface area (Å²) in [5, 5.41) is 2.50. The van der Waals surface area contributed by atoms with Crippen LogP contribution in [0.15, 0.2) is 220 Å². The van der Waals surface area contributed by atoms with Crippen molar-refractivity contribution in [2.45, 2.75) is 11.4 Å². The van der Waals surface area contributed by atoms with Gasteiger partial charge in [0.15, 0.2) is 0 Å². The number of hydrogen-bond donors (Lipinski definition) is 0. The summed E-state index contributed by atoms with van der Waals surface area (Å²) in [4.78, 5) is 12.2. The van der Waals surface area contributed by atoms with Crippen LogP contribution in [0.4, 0.5) is 0 Å². The maximum Gasteiger partial charge on any atom is 0.0856 e. The molecule has 1 aromatic heterocycles. The maximum absolute atomic E-state index is 5.32. The van der Waals surface area contributed by atoms with E-state index in [0.717, 1.165) is 55.4 Å². The van der Waals surface area contributed by atoms with Crippen LogP contribution < -0.4 is 0 Å². The minimum Gasteiger partial charge on any atom is -0.309 e. The molecule has 0 saturated heterocycles. The lowest BCUT2D eigenvalue weighted by atomic mass is 9.96. The molecule has 57 heavy (non-hydrogen) atoms. The highest BCUT2D eigenvalue weighted by Crippen LogP contribution is 2.49. The van der Waals surface area contributed by atoms with Gasteiger partial charge in [-0.05, 0) is 82.1 Å². The van der Waals surface area contributed by atoms with Crippen molar-refractivity contribution in [3.8, 4) is 39.1 Å². The Morgan fingerprint density at radius 3 is 1.91 bits per heavy atom. The lowest BCUT2D eigenvalue weighted by Crippen LogP contribution is -2.01. The largest absolute Gasteiger partial charge is 0.309 e. The third-order valence-corrected chi connectivity index (χ3v) is 12.0. The summed E-state index contributed by atoms with van der Waals surface area (Å²) in [6, 6.07) is 71.2. The highest BCUT2D eigenvalue weighted by atomic mass is 32.2. The van der Waals surface area contributed by atoms with Crippen LogP contribution >= 0.6 is 11.8 Å². The number of benzene rings is 8. The molecule has 270 valence electrons. The second kappa shape index (κ2) is 14.9. The van der Waals surface area contributed by atoms with Crippen LogP contribution in [0.5, 0.6) is 0 Å². The SMILES string of the molecule is C=N/C(=C1/Sc2c(cccc2-c2cccc(-c3ccc4c5ccccc5n(-c5ccccc5)c4c3)c2)C1=NCc1ccccc1)c1cccc(-c2ccccc2)c1. The summed E-state index contributed by atoms with van der Waals surface area (Å²) in [7, 11) is 0. The molecule has 0 radical (unpaired) electrons. The van der Waals surface area contributed by atoms with E-state index < -0.39 is 0 Å². The molecule has 4 heteroatoms. The zero-order valence-electron chi connectivity index (χ0n) is 31.2. The molecule has 0 amide bonds. The van der Waals surface area contributed by atoms with Gasteiger partial charge in [-0.15, -0.1) is 0 Å². The van der Waals surface area contributed by atoms with Gasteiger partial charge in [0.1, 0.15) is 0 Å². The lowest BCUT2D eigenvalue weighted by molar-refractivity contribution is 1.07. The Kier molecular flexibility index (Phi) is 9.02. The Bertz CT molecular complexity index is 3010. The van der Waals surface area contributed by atoms with Crippen molar-refractivity contribution >= 4 is 51.7 Å². The van der Waals surface area contributed by atoms with Gasteiger partial charge in [0.25, 0.3) is 0 Å². The van der Waals surface area contributed by atoms with Gasteiger partial charge >= 0.3 is 0 Å². The van der Waals surface area contributed by atoms with E-state index in [1.807, 2.05) is 12.1 Å². The first-order valence-corrected chi connectivity index (χ1v) is 20.0. The Labute approximate surface area is 337 Å². The number of aliphatic imine (C=N–C) groups is 2. The molecule has 10 rings (SSSR count). The molecule has 0 saturated carbocycles. The van der Waals surface area contributed by atoms with Crippen molar-refractivity contribution in [3.63, 3.8) is 0 Å². The predicted octanol–water partition coefficient (Wildman–Crippen LogP) is 13.9. The average Bonchev–Trinajstić information content (AvgIpc) is 3.82. The predicted molar refractivity (Wildman–Crippen MR) is 243 cm³/mol. The van der Waals surface area contributed by atoms with Gasteiger partial charge in [0.2, 0.25) is 0 Å². The van der Waals surface area contributed by atoms with Gasteiger partial charge in [-0.2, -0.15) is 0 Å². The van der Waals surface area contributed by atoms with Crippen LogP contribution in [0.1, 0.15) is 16.7 Å². The van der Waals surface area contributed by atoms with Gasteiger partial charge in [0, 0.05) is 32.5 Å². The fourth-order valence-electron chi connectivity index (χ4n) is 8.05. The van der Waals surface area contributed by atoms with Gasteiger partial charge in [-0.25, -0.2) is 0 Å². The molecule has 3 nitrogen and oxygen atoms in total. The summed E-state index contributed by atoms with van der Waals surface area (Å²) < 4.78 is 2.38. The quantitative estimate of drug-likeness (QED) is 0.142. The lowest BCUT2D eigenvalue weighted by Gasteiger charge is -2.11. The van der Waals surface area contributed by atoms with Gasteiger partial charge in [-0.3, -0.25) is 9.98 Å². The number of thioether (sulfide) groups is 1. The van der Waals surface area contributed by atoms with Crippen molar-refractivity contribution < 1.29 is 0 Å². The fraction of sp³-hybridized carbons (Fsp3) is 0.0189. The van der Waals surface area contributed by atoms with Crippen LogP contribution in [0.3, 0.4) is 0 Å². The van der Waals surface area contributed by atoms with E-state index in [-0.39, 0.29) is 0 Å². The van der Waals surface area contributed by atoms with E-state index in [4.69, 9.17) is 9.98 Å². The van der Waals surface area contributed by atoms with Crippen LogP contribution in [0.25, 0.3) is 66.6 Å². The third-order valence-electron chi connectivity index (χ3n) is 10.8. The molecule has 0 fully saturated rings. The van der Waals surface area contributed by atoms with Crippen molar-refractivity contribution in [2.24, 2.45) is 9.98 Å². The standard InChI is InChI=1S/C53H37N3S/c1-54-50(42-23-14-20-38(33-42)37-18-7-3-8-19-37)53-51(55-35-36-16-5-2-6-17-36)47-28-15-27-44(52(47)57-53)41-22-13-21-39(32-41)40-30-31-46-45-26-11-12-29-48(45)56(49(46)34-40)43-24-9-4-10-25-43/h2-34H,1,35H2/b53-50+,55-51?. The number of aromatic nitrogens is 1. The summed E-state index contributed by atoms with van der Waals surface area (Å²) in [5.74, 6) is 0. The Balaban J connectivity index is 1.09. The van der Waals surface area contributed by atoms with E-state index in [1.54, 1.807) is 11.8 Å². The van der Waals surface area contributed by atoms with Crippen molar-refractivity contribution in [1.82, 2.24) is 4.57 Å². The topological polar surface area (TPSA) is 29.6 Å². The Morgan fingerprint density at radius 1 is 0.491 bits per heavy atom. The third kappa shape index (κ3) is 6.40. The summed E-state index contributed by atoms with van der Waals surface area (Å²) in [6.45, 7) is 4.67. The van der Waals surface area contributed by atoms with E-state index in [2.05, 4.69) is 199 Å². The van der Waals surface area contributed by atoms with Gasteiger partial charge in [0.05, 0.1) is 33.9 Å². The first-order valence-electron chi connectivity index (χ1n) is 19.2. The van der Waals surface area contributed by atoms with Crippen LogP contribution in [0, 0.1) is 0 Å². The van der Waals surface area contributed by atoms with E-state index in [1.165, 1.54) is 43.4 Å². The summed E-state index contributed by atoms with van der Waals surface area (Å²) in [6.07, 6.45) is 0. The molecule has 0 N–H and O–H groups in total. The zero-order valence-corrected chi connectivity index (χ0v) is 32.0. The molecular weight excluding hydrogens is 711 g/mol. The molecule has 8 aromatic carbocycles. The number of rotatable bonds is 8. The van der Waals surface area contributed by atoms with E-state index >= 15 is 0 Å². The number of hydrogen-bond acceptors (Lipinski definition) is 3. The monoisotopic (exact) mass is 747 g/mol. The summed E-state index contributed by atoms with van der Waals surface area (Å²) >= 11 is 1.75. The molecule has 1 aliphatic rings. The molecule has 0 atom stereocenters. The maximum atomic E-state index is 5.32. The number of allylic oxidation sites excluding steroid dienone is 1. The zero-order chi connectivity index (χ0) is 38.1. The number of para-hydroxylation sites is 2. The summed E-state index contributed by atoms with van der Waals surface area (Å²) in [5.41, 5.74) is 15.6. The average molecular weight is 748 g/mol. The highest BCUT2D eigenvalue weighted by Gasteiger charge is 2.30. The Morgan fingerprint density at radius 2 is 1.11 bits per heavy atom. The number of fused-ring (bicyclic) bond motifs is 4. The molecule has 2 heterocycles. The molecule has 9 aromatic rings. The fourth-order valence-corrected chi connectivity index (χ4v) is 9.37. The van der Waals surface area contributed by atoms with Crippen molar-refractivity contribution in [2.75, 3.05) is 0 Å². The minimum atomic E-state index is 0.566. The molecular formula is C53H37N3S. The van der Waals surface area contributed by atoms with Gasteiger partial charge in [-0.1, -0.05) is 176 Å². The number of nitrogens with zero attached hydrogens (tertiary/aromatic N) is 3. The van der Waals surface area contributed by atoms with E-state index in [9.17, 15) is 0 Å². The van der Waals surface area contributed by atoms with Crippen LogP contribution in [-0.4, -0.2) is 17.0 Å². The molecule has 0 bridgehead atoms. The Hall–Kier alpha value is -7.01. The van der Waals surface area contributed by atoms with Crippen molar-refractivity contribution in [1.29, 1.82) is 0 Å². The molecule has 0 spiro atoms. The molecule has 0 unspecified atom stereocenters. The second-order valence-corrected chi connectivity index (χ2v) is 15.2. The highest BCUT2D eigenvalue weighted by molar-refractivity contribution is 8.05. The van der Waals surface area contributed by atoms with E-state index in [0.29, 0.717) is 6.54 Å². The first-order chi connectivity index (χ1) is 28.2. The molecule has 1 aliphatic heterocycles. The normalized spacial score (nSPS) is 13.9.